The second kappa shape index (κ2) is 4.44. The van der Waals surface area contributed by atoms with Crippen molar-refractivity contribution in [3.63, 3.8) is 0 Å². The van der Waals surface area contributed by atoms with Gasteiger partial charge in [-0.3, -0.25) is 9.48 Å². The third kappa shape index (κ3) is 2.22. The molecule has 1 aromatic rings. The lowest BCUT2D eigenvalue weighted by Crippen LogP contribution is -2.33. The lowest BCUT2D eigenvalue weighted by molar-refractivity contribution is 0.0658. The van der Waals surface area contributed by atoms with Crippen molar-refractivity contribution in [2.75, 3.05) is 0 Å². The van der Waals surface area contributed by atoms with E-state index in [-0.39, 0.29) is 23.3 Å². The molecule has 1 saturated carbocycles. The smallest absolute Gasteiger partial charge is 0.166 e. The Hall–Kier alpha value is -1.16. The number of aromatic nitrogens is 2. The third-order valence-corrected chi connectivity index (χ3v) is 4.49. The first-order valence-corrected chi connectivity index (χ1v) is 7.26. The zero-order chi connectivity index (χ0) is 13.6. The van der Waals surface area contributed by atoms with Crippen molar-refractivity contribution in [1.29, 1.82) is 0 Å². The van der Waals surface area contributed by atoms with E-state index in [0.717, 1.165) is 43.4 Å². The van der Waals surface area contributed by atoms with Crippen molar-refractivity contribution < 1.29 is 9.90 Å². The van der Waals surface area contributed by atoms with Crippen LogP contribution in [0.2, 0.25) is 0 Å². The highest BCUT2D eigenvalue weighted by atomic mass is 16.3. The lowest BCUT2D eigenvalue weighted by Gasteiger charge is -2.33. The van der Waals surface area contributed by atoms with Crippen molar-refractivity contribution in [3.05, 3.63) is 17.5 Å². The Balaban J connectivity index is 1.98. The quantitative estimate of drug-likeness (QED) is 0.846. The molecule has 2 atom stereocenters. The maximum Gasteiger partial charge on any atom is 0.166 e. The molecule has 104 valence electrons. The van der Waals surface area contributed by atoms with Crippen molar-refractivity contribution in [2.24, 2.45) is 5.41 Å². The van der Waals surface area contributed by atoms with Crippen LogP contribution < -0.4 is 0 Å². The van der Waals surface area contributed by atoms with Gasteiger partial charge in [0.25, 0.3) is 0 Å². The molecular weight excluding hydrogens is 240 g/mol. The molecule has 0 saturated heterocycles. The van der Waals surface area contributed by atoms with E-state index in [1.807, 2.05) is 4.68 Å². The minimum Gasteiger partial charge on any atom is -0.391 e. The molecule has 1 heterocycles. The van der Waals surface area contributed by atoms with Gasteiger partial charge in [0.15, 0.2) is 5.78 Å². The van der Waals surface area contributed by atoms with E-state index >= 15 is 0 Å². The normalized spacial score (nSPS) is 30.2. The van der Waals surface area contributed by atoms with E-state index in [1.54, 1.807) is 6.20 Å². The lowest BCUT2D eigenvalue weighted by atomic mass is 9.76. The predicted molar refractivity (Wildman–Crippen MR) is 72.2 cm³/mol. The van der Waals surface area contributed by atoms with Crippen molar-refractivity contribution in [3.8, 4) is 0 Å². The standard InChI is InChI=1S/C15H22N2O2/c1-15(2)7-12-10(14(19)8-15)9-16-17(12)11-5-3-4-6-13(11)18/h9,11,13,18H,3-8H2,1-2H3. The van der Waals surface area contributed by atoms with Gasteiger partial charge in [0, 0.05) is 6.42 Å². The topological polar surface area (TPSA) is 55.1 Å². The van der Waals surface area contributed by atoms with Gasteiger partial charge in [-0.2, -0.15) is 5.10 Å². The number of aliphatic hydroxyl groups is 1. The average molecular weight is 262 g/mol. The Kier molecular flexibility index (Phi) is 3.01. The number of rotatable bonds is 1. The van der Waals surface area contributed by atoms with Gasteiger partial charge in [-0.1, -0.05) is 26.7 Å². The largest absolute Gasteiger partial charge is 0.391 e. The molecule has 0 aromatic carbocycles. The molecule has 0 amide bonds. The number of hydrogen-bond donors (Lipinski definition) is 1. The van der Waals surface area contributed by atoms with E-state index in [2.05, 4.69) is 18.9 Å². The van der Waals surface area contributed by atoms with E-state index in [9.17, 15) is 9.90 Å². The van der Waals surface area contributed by atoms with E-state index in [0.29, 0.717) is 6.42 Å². The van der Waals surface area contributed by atoms with Crippen LogP contribution in [0, 0.1) is 5.41 Å². The SMILES string of the molecule is CC1(C)CC(=O)c2cnn(C3CCCCC3O)c2C1. The summed E-state index contributed by atoms with van der Waals surface area (Å²) in [6.07, 6.45) is 6.88. The number of nitrogens with zero attached hydrogens (tertiary/aromatic N) is 2. The molecule has 1 fully saturated rings. The molecule has 4 heteroatoms. The highest BCUT2D eigenvalue weighted by Crippen LogP contribution is 2.37. The number of carbonyl (C=O) groups is 1. The summed E-state index contributed by atoms with van der Waals surface area (Å²) in [6, 6.07) is 0.0548. The Labute approximate surface area is 113 Å². The molecule has 2 aliphatic carbocycles. The molecule has 0 radical (unpaired) electrons. The maximum atomic E-state index is 12.2. The zero-order valence-corrected chi connectivity index (χ0v) is 11.7. The van der Waals surface area contributed by atoms with Gasteiger partial charge >= 0.3 is 0 Å². The first-order valence-electron chi connectivity index (χ1n) is 7.26. The molecule has 0 spiro atoms. The number of hydrogen-bond acceptors (Lipinski definition) is 3. The summed E-state index contributed by atoms with van der Waals surface area (Å²) in [5.74, 6) is 0.197. The van der Waals surface area contributed by atoms with Crippen molar-refractivity contribution in [2.45, 2.75) is 64.5 Å². The van der Waals surface area contributed by atoms with Crippen molar-refractivity contribution >= 4 is 5.78 Å². The predicted octanol–water partition coefficient (Wildman–Crippen LogP) is 2.51. The van der Waals surface area contributed by atoms with Gasteiger partial charge in [0.05, 0.1) is 29.6 Å². The molecule has 19 heavy (non-hydrogen) atoms. The minimum atomic E-state index is -0.321. The molecule has 2 unspecified atom stereocenters. The van der Waals surface area contributed by atoms with Crippen LogP contribution in [-0.4, -0.2) is 26.8 Å². The summed E-state index contributed by atoms with van der Waals surface area (Å²) in [6.45, 7) is 4.25. The second-order valence-electron chi connectivity index (χ2n) is 6.81. The summed E-state index contributed by atoms with van der Waals surface area (Å²) < 4.78 is 1.94. The monoisotopic (exact) mass is 262 g/mol. The molecular formula is C15H22N2O2. The van der Waals surface area contributed by atoms with E-state index in [1.165, 1.54) is 0 Å². The van der Waals surface area contributed by atoms with E-state index < -0.39 is 0 Å². The van der Waals surface area contributed by atoms with Gasteiger partial charge in [0.1, 0.15) is 0 Å². The fourth-order valence-corrected chi connectivity index (χ4v) is 3.51. The number of Topliss-reactive ketones (excluding diaryl/α,β-unsaturated/α-hetero) is 1. The van der Waals surface area contributed by atoms with Gasteiger partial charge in [-0.15, -0.1) is 0 Å². The molecule has 3 rings (SSSR count). The Morgan fingerprint density at radius 3 is 2.79 bits per heavy atom. The van der Waals surface area contributed by atoms with Gasteiger partial charge in [-0.25, -0.2) is 0 Å². The van der Waals surface area contributed by atoms with Gasteiger partial charge in [-0.05, 0) is 24.7 Å². The molecule has 0 bridgehead atoms. The maximum absolute atomic E-state index is 12.2. The van der Waals surface area contributed by atoms with Crippen LogP contribution in [0.1, 0.15) is 68.0 Å². The van der Waals surface area contributed by atoms with Crippen LogP contribution in [0.5, 0.6) is 0 Å². The Bertz CT molecular complexity index is 504. The van der Waals surface area contributed by atoms with E-state index in [4.69, 9.17) is 0 Å². The van der Waals surface area contributed by atoms with Crippen LogP contribution in [-0.2, 0) is 6.42 Å². The van der Waals surface area contributed by atoms with Crippen LogP contribution in [0.25, 0.3) is 0 Å². The average Bonchev–Trinajstić information content (AvgIpc) is 2.72. The fourth-order valence-electron chi connectivity index (χ4n) is 3.51. The fraction of sp³-hybridized carbons (Fsp3) is 0.733. The summed E-state index contributed by atoms with van der Waals surface area (Å²) in [5.41, 5.74) is 1.81. The van der Waals surface area contributed by atoms with Crippen LogP contribution in [0.3, 0.4) is 0 Å². The number of fused-ring (bicyclic) bond motifs is 1. The highest BCUT2D eigenvalue weighted by molar-refractivity contribution is 5.98. The number of carbonyl (C=O) groups excluding carboxylic acids is 1. The number of ketones is 1. The summed E-state index contributed by atoms with van der Waals surface area (Å²) in [4.78, 5) is 12.2. The molecule has 0 aliphatic heterocycles. The van der Waals surface area contributed by atoms with Crippen LogP contribution in [0.4, 0.5) is 0 Å². The summed E-state index contributed by atoms with van der Waals surface area (Å²) in [5, 5.41) is 14.6. The summed E-state index contributed by atoms with van der Waals surface area (Å²) in [7, 11) is 0. The third-order valence-electron chi connectivity index (χ3n) is 4.49. The zero-order valence-electron chi connectivity index (χ0n) is 11.7. The second-order valence-corrected chi connectivity index (χ2v) is 6.81. The van der Waals surface area contributed by atoms with Gasteiger partial charge in [0.2, 0.25) is 0 Å². The Morgan fingerprint density at radius 2 is 2.05 bits per heavy atom. The summed E-state index contributed by atoms with van der Waals surface area (Å²) >= 11 is 0. The minimum absolute atomic E-state index is 0.00147. The highest BCUT2D eigenvalue weighted by Gasteiger charge is 2.36. The molecule has 1 N–H and O–H groups in total. The molecule has 4 nitrogen and oxygen atoms in total. The molecule has 2 aliphatic rings. The Morgan fingerprint density at radius 1 is 1.32 bits per heavy atom. The first kappa shape index (κ1) is 12.9. The van der Waals surface area contributed by atoms with Crippen LogP contribution in [0.15, 0.2) is 6.20 Å². The van der Waals surface area contributed by atoms with Gasteiger partial charge < -0.3 is 5.11 Å². The number of aliphatic hydroxyl groups excluding tert-OH is 1. The van der Waals surface area contributed by atoms with Crippen LogP contribution >= 0.6 is 0 Å². The first-order chi connectivity index (χ1) is 8.98. The molecule has 1 aromatic heterocycles. The van der Waals surface area contributed by atoms with Crippen molar-refractivity contribution in [1.82, 2.24) is 9.78 Å².